The molecule has 0 aliphatic heterocycles. The summed E-state index contributed by atoms with van der Waals surface area (Å²) < 4.78 is 31.5. The van der Waals surface area contributed by atoms with E-state index in [0.29, 0.717) is 17.9 Å². The number of amides is 2. The molecule has 1 atom stereocenters. The van der Waals surface area contributed by atoms with Gasteiger partial charge in [-0.1, -0.05) is 12.1 Å². The van der Waals surface area contributed by atoms with E-state index in [0.717, 1.165) is 0 Å². The van der Waals surface area contributed by atoms with Crippen molar-refractivity contribution in [2.24, 2.45) is 0 Å². The molecule has 0 radical (unpaired) electrons. The average Bonchev–Trinajstić information content (AvgIpc) is 2.66. The first-order valence-electron chi connectivity index (χ1n) is 8.60. The lowest BCUT2D eigenvalue weighted by atomic mass is 10.1. The number of hydrogen-bond acceptors (Lipinski definition) is 3. The van der Waals surface area contributed by atoms with Crippen LogP contribution in [0.15, 0.2) is 48.5 Å². The lowest BCUT2D eigenvalue weighted by Crippen LogP contribution is -2.49. The molecular formula is C20H22F2N2O3. The normalized spacial score (nSPS) is 11.6. The van der Waals surface area contributed by atoms with Gasteiger partial charge in [-0.2, -0.15) is 0 Å². The maximum absolute atomic E-state index is 13.1. The predicted molar refractivity (Wildman–Crippen MR) is 97.0 cm³/mol. The molecule has 2 rings (SSSR count). The predicted octanol–water partition coefficient (Wildman–Crippen LogP) is 2.90. The van der Waals surface area contributed by atoms with Crippen LogP contribution in [0.5, 0.6) is 5.75 Å². The highest BCUT2D eigenvalue weighted by atomic mass is 19.1. The summed E-state index contributed by atoms with van der Waals surface area (Å²) in [4.78, 5) is 26.2. The van der Waals surface area contributed by atoms with Crippen molar-refractivity contribution in [2.75, 3.05) is 13.2 Å². The number of rotatable bonds is 8. The fourth-order valence-corrected chi connectivity index (χ4v) is 2.45. The molecule has 0 bridgehead atoms. The molecule has 0 aromatic heterocycles. The van der Waals surface area contributed by atoms with E-state index in [9.17, 15) is 18.4 Å². The van der Waals surface area contributed by atoms with Crippen molar-refractivity contribution in [1.29, 1.82) is 0 Å². The zero-order chi connectivity index (χ0) is 19.8. The first kappa shape index (κ1) is 20.4. The molecule has 2 aromatic rings. The molecule has 2 amide bonds. The number of benzene rings is 2. The maximum atomic E-state index is 13.1. The number of ether oxygens (including phenoxy) is 1. The van der Waals surface area contributed by atoms with E-state index < -0.39 is 17.8 Å². The number of halogens is 2. The van der Waals surface area contributed by atoms with E-state index in [1.165, 1.54) is 41.3 Å². The molecule has 0 aliphatic rings. The molecule has 0 saturated heterocycles. The number of likely N-dealkylation sites (N-methyl/N-ethyl adjacent to an activating group) is 1. The van der Waals surface area contributed by atoms with Crippen LogP contribution in [0.2, 0.25) is 0 Å². The van der Waals surface area contributed by atoms with Crippen molar-refractivity contribution in [2.45, 2.75) is 26.4 Å². The van der Waals surface area contributed by atoms with Gasteiger partial charge in [-0.3, -0.25) is 9.59 Å². The summed E-state index contributed by atoms with van der Waals surface area (Å²) >= 11 is 0. The molecule has 0 heterocycles. The Hall–Kier alpha value is -2.96. The zero-order valence-corrected chi connectivity index (χ0v) is 15.2. The summed E-state index contributed by atoms with van der Waals surface area (Å²) in [5, 5.41) is 2.68. The number of carbonyl (C=O) groups excluding carboxylic acids is 2. The summed E-state index contributed by atoms with van der Waals surface area (Å²) in [6, 6.07) is 10.3. The molecule has 0 unspecified atom stereocenters. The Kier molecular flexibility index (Phi) is 7.28. The molecule has 27 heavy (non-hydrogen) atoms. The second-order valence-electron chi connectivity index (χ2n) is 5.96. The average molecular weight is 376 g/mol. The molecule has 0 spiro atoms. The van der Waals surface area contributed by atoms with Crippen molar-refractivity contribution < 1.29 is 23.1 Å². The smallest absolute Gasteiger partial charge is 0.261 e. The number of carbonyl (C=O) groups is 2. The number of nitrogens with one attached hydrogen (secondary N) is 1. The third kappa shape index (κ3) is 6.06. The first-order chi connectivity index (χ1) is 12.9. The monoisotopic (exact) mass is 376 g/mol. The van der Waals surface area contributed by atoms with Gasteiger partial charge in [-0.05, 0) is 55.8 Å². The van der Waals surface area contributed by atoms with Crippen molar-refractivity contribution in [3.8, 4) is 5.75 Å². The van der Waals surface area contributed by atoms with Crippen LogP contribution < -0.4 is 10.1 Å². The molecule has 7 heteroatoms. The van der Waals surface area contributed by atoms with Gasteiger partial charge in [0.1, 0.15) is 23.4 Å². The highest BCUT2D eigenvalue weighted by molar-refractivity contribution is 5.87. The highest BCUT2D eigenvalue weighted by Gasteiger charge is 2.26. The Balaban J connectivity index is 2.11. The van der Waals surface area contributed by atoms with Crippen LogP contribution in [-0.2, 0) is 16.1 Å². The number of hydrogen-bond donors (Lipinski definition) is 1. The Morgan fingerprint density at radius 2 is 1.59 bits per heavy atom. The van der Waals surface area contributed by atoms with Gasteiger partial charge in [0.15, 0.2) is 6.61 Å². The molecular weight excluding hydrogens is 354 g/mol. The van der Waals surface area contributed by atoms with E-state index in [2.05, 4.69) is 5.32 Å². The Bertz CT molecular complexity index is 764. The van der Waals surface area contributed by atoms with E-state index in [1.54, 1.807) is 26.0 Å². The Labute approximate surface area is 156 Å². The second kappa shape index (κ2) is 9.66. The Morgan fingerprint density at radius 1 is 1.04 bits per heavy atom. The van der Waals surface area contributed by atoms with Gasteiger partial charge in [0.25, 0.3) is 5.91 Å². The van der Waals surface area contributed by atoms with Gasteiger partial charge in [-0.25, -0.2) is 8.78 Å². The summed E-state index contributed by atoms with van der Waals surface area (Å²) in [6.07, 6.45) is 0. The zero-order valence-electron chi connectivity index (χ0n) is 15.2. The van der Waals surface area contributed by atoms with Gasteiger partial charge in [0.05, 0.1) is 0 Å². The topological polar surface area (TPSA) is 58.6 Å². The van der Waals surface area contributed by atoms with E-state index in [1.807, 2.05) is 0 Å². The van der Waals surface area contributed by atoms with Crippen molar-refractivity contribution in [3.05, 3.63) is 65.7 Å². The SMILES string of the molecule is CCNC(=O)[C@H](C)N(Cc1ccc(F)cc1)C(=O)COc1ccc(F)cc1. The molecule has 144 valence electrons. The summed E-state index contributed by atoms with van der Waals surface area (Å²) in [7, 11) is 0. The van der Waals surface area contributed by atoms with Crippen LogP contribution in [0.1, 0.15) is 19.4 Å². The quantitative estimate of drug-likeness (QED) is 0.771. The molecule has 2 aromatic carbocycles. The minimum atomic E-state index is -0.737. The van der Waals surface area contributed by atoms with Gasteiger partial charge < -0.3 is 15.0 Å². The van der Waals surface area contributed by atoms with Crippen LogP contribution in [0.25, 0.3) is 0 Å². The molecule has 0 saturated carbocycles. The fraction of sp³-hybridized carbons (Fsp3) is 0.300. The first-order valence-corrected chi connectivity index (χ1v) is 8.60. The van der Waals surface area contributed by atoms with Crippen molar-refractivity contribution in [1.82, 2.24) is 10.2 Å². The van der Waals surface area contributed by atoms with Crippen LogP contribution in [0.4, 0.5) is 8.78 Å². The molecule has 1 N–H and O–H groups in total. The third-order valence-electron chi connectivity index (χ3n) is 3.96. The van der Waals surface area contributed by atoms with Gasteiger partial charge in [-0.15, -0.1) is 0 Å². The van der Waals surface area contributed by atoms with Crippen LogP contribution >= 0.6 is 0 Å². The molecule has 5 nitrogen and oxygen atoms in total. The second-order valence-corrected chi connectivity index (χ2v) is 5.96. The van der Waals surface area contributed by atoms with Gasteiger partial charge >= 0.3 is 0 Å². The van der Waals surface area contributed by atoms with Crippen LogP contribution in [0.3, 0.4) is 0 Å². The van der Waals surface area contributed by atoms with E-state index in [4.69, 9.17) is 4.74 Å². The van der Waals surface area contributed by atoms with Crippen molar-refractivity contribution >= 4 is 11.8 Å². The summed E-state index contributed by atoms with van der Waals surface area (Å²) in [5.74, 6) is -1.15. The van der Waals surface area contributed by atoms with Gasteiger partial charge in [0.2, 0.25) is 5.91 Å². The van der Waals surface area contributed by atoms with Gasteiger partial charge in [0, 0.05) is 13.1 Å². The fourth-order valence-electron chi connectivity index (χ4n) is 2.45. The molecule has 0 aliphatic carbocycles. The lowest BCUT2D eigenvalue weighted by Gasteiger charge is -2.28. The lowest BCUT2D eigenvalue weighted by molar-refractivity contribution is -0.142. The Morgan fingerprint density at radius 3 is 2.15 bits per heavy atom. The minimum Gasteiger partial charge on any atom is -0.484 e. The third-order valence-corrected chi connectivity index (χ3v) is 3.96. The van der Waals surface area contributed by atoms with Crippen LogP contribution in [0, 0.1) is 11.6 Å². The van der Waals surface area contributed by atoms with Crippen LogP contribution in [-0.4, -0.2) is 35.9 Å². The van der Waals surface area contributed by atoms with E-state index in [-0.39, 0.29) is 24.9 Å². The maximum Gasteiger partial charge on any atom is 0.261 e. The number of nitrogens with zero attached hydrogens (tertiary/aromatic N) is 1. The standard InChI is InChI=1S/C20H22F2N2O3/c1-3-23-20(26)14(2)24(12-15-4-6-16(21)7-5-15)19(25)13-27-18-10-8-17(22)9-11-18/h4-11,14H,3,12-13H2,1-2H3,(H,23,26)/t14-/m0/s1. The summed E-state index contributed by atoms with van der Waals surface area (Å²) in [5.41, 5.74) is 0.683. The van der Waals surface area contributed by atoms with Crippen molar-refractivity contribution in [3.63, 3.8) is 0 Å². The largest absolute Gasteiger partial charge is 0.484 e. The summed E-state index contributed by atoms with van der Waals surface area (Å²) in [6.45, 7) is 3.66. The highest BCUT2D eigenvalue weighted by Crippen LogP contribution is 2.14. The molecule has 0 fully saturated rings. The minimum absolute atomic E-state index is 0.129. The van der Waals surface area contributed by atoms with E-state index >= 15 is 0 Å².